The van der Waals surface area contributed by atoms with Crippen LogP contribution in [0.1, 0.15) is 17.2 Å². The van der Waals surface area contributed by atoms with Crippen LogP contribution in [0.4, 0.5) is 0 Å². The summed E-state index contributed by atoms with van der Waals surface area (Å²) in [5.74, 6) is -0.367. The third kappa shape index (κ3) is 4.18. The topological polar surface area (TPSA) is 49.3 Å². The average molecular weight is 334 g/mol. The van der Waals surface area contributed by atoms with Crippen molar-refractivity contribution in [1.82, 2.24) is 5.32 Å². The summed E-state index contributed by atoms with van der Waals surface area (Å²) in [6.07, 6.45) is -0.373. The van der Waals surface area contributed by atoms with E-state index in [2.05, 4.69) is 21.2 Å². The van der Waals surface area contributed by atoms with E-state index in [0.717, 1.165) is 16.5 Å². The van der Waals surface area contributed by atoms with E-state index < -0.39 is 6.10 Å². The van der Waals surface area contributed by atoms with E-state index in [1.54, 1.807) is 24.3 Å². The summed E-state index contributed by atoms with van der Waals surface area (Å²) in [5.41, 5.74) is 1.75. The Morgan fingerprint density at radius 1 is 1.10 bits per heavy atom. The molecule has 0 bridgehead atoms. The summed E-state index contributed by atoms with van der Waals surface area (Å²) in [4.78, 5) is 11.8. The lowest BCUT2D eigenvalue weighted by molar-refractivity contribution is -0.129. The van der Waals surface area contributed by atoms with Gasteiger partial charge in [0.2, 0.25) is 0 Å². The molecule has 104 valence electrons. The molecular formula is C16H16BrNO2. The van der Waals surface area contributed by atoms with Crippen LogP contribution in [0.3, 0.4) is 0 Å². The Balaban J connectivity index is 1.82. The van der Waals surface area contributed by atoms with E-state index >= 15 is 0 Å². The first kappa shape index (κ1) is 14.8. The third-order valence-corrected chi connectivity index (χ3v) is 3.52. The number of aliphatic hydroxyl groups is 1. The fraction of sp³-hybridized carbons (Fsp3) is 0.188. The second kappa shape index (κ2) is 7.22. The molecule has 0 saturated heterocycles. The number of hydrogen-bond donors (Lipinski definition) is 2. The first-order valence-electron chi connectivity index (χ1n) is 6.42. The van der Waals surface area contributed by atoms with Crippen LogP contribution in [0.5, 0.6) is 0 Å². The van der Waals surface area contributed by atoms with Crippen molar-refractivity contribution in [3.8, 4) is 0 Å². The highest BCUT2D eigenvalue weighted by Crippen LogP contribution is 2.12. The Bertz CT molecular complexity index is 554. The van der Waals surface area contributed by atoms with E-state index in [9.17, 15) is 9.90 Å². The lowest BCUT2D eigenvalue weighted by atomic mass is 10.1. The van der Waals surface area contributed by atoms with Gasteiger partial charge in [-0.05, 0) is 29.7 Å². The molecule has 0 heterocycles. The molecule has 2 aromatic rings. The van der Waals surface area contributed by atoms with Crippen LogP contribution >= 0.6 is 15.9 Å². The first-order chi connectivity index (χ1) is 9.66. The standard InChI is InChI=1S/C16H16BrNO2/c17-14-8-6-12(7-9-14)10-11-18-16(20)15(19)13-4-2-1-3-5-13/h1-9,15,19H,10-11H2,(H,18,20)/t15-/m1/s1. The Hall–Kier alpha value is -1.65. The van der Waals surface area contributed by atoms with Crippen molar-refractivity contribution in [1.29, 1.82) is 0 Å². The van der Waals surface area contributed by atoms with Gasteiger partial charge >= 0.3 is 0 Å². The number of rotatable bonds is 5. The predicted octanol–water partition coefficient (Wildman–Crippen LogP) is 2.84. The molecule has 3 nitrogen and oxygen atoms in total. The summed E-state index contributed by atoms with van der Waals surface area (Å²) >= 11 is 3.38. The summed E-state index contributed by atoms with van der Waals surface area (Å²) in [6.45, 7) is 0.504. The highest BCUT2D eigenvalue weighted by molar-refractivity contribution is 9.10. The van der Waals surface area contributed by atoms with Gasteiger partial charge in [0.15, 0.2) is 6.10 Å². The number of nitrogens with one attached hydrogen (secondary N) is 1. The number of benzene rings is 2. The fourth-order valence-electron chi connectivity index (χ4n) is 1.86. The van der Waals surface area contributed by atoms with Gasteiger partial charge < -0.3 is 10.4 Å². The van der Waals surface area contributed by atoms with Crippen molar-refractivity contribution in [2.75, 3.05) is 6.54 Å². The minimum atomic E-state index is -1.11. The normalized spacial score (nSPS) is 11.9. The minimum absolute atomic E-state index is 0.367. The smallest absolute Gasteiger partial charge is 0.253 e. The zero-order valence-electron chi connectivity index (χ0n) is 10.9. The Labute approximate surface area is 126 Å². The maximum atomic E-state index is 11.8. The molecule has 1 amide bonds. The Kier molecular flexibility index (Phi) is 5.32. The van der Waals surface area contributed by atoms with Gasteiger partial charge in [-0.25, -0.2) is 0 Å². The molecule has 0 aliphatic heterocycles. The molecule has 20 heavy (non-hydrogen) atoms. The second-order valence-corrected chi connectivity index (χ2v) is 5.40. The average Bonchev–Trinajstić information content (AvgIpc) is 2.49. The molecule has 2 aromatic carbocycles. The molecule has 2 rings (SSSR count). The molecule has 0 radical (unpaired) electrons. The van der Waals surface area contributed by atoms with Gasteiger partial charge in [-0.2, -0.15) is 0 Å². The minimum Gasteiger partial charge on any atom is -0.378 e. The predicted molar refractivity (Wildman–Crippen MR) is 82.3 cm³/mol. The summed E-state index contributed by atoms with van der Waals surface area (Å²) in [7, 11) is 0. The van der Waals surface area contributed by atoms with Gasteiger partial charge in [0, 0.05) is 11.0 Å². The quantitative estimate of drug-likeness (QED) is 0.883. The molecule has 2 N–H and O–H groups in total. The molecular weight excluding hydrogens is 318 g/mol. The molecule has 1 atom stereocenters. The number of carbonyl (C=O) groups excluding carboxylic acids is 1. The zero-order chi connectivity index (χ0) is 14.4. The third-order valence-electron chi connectivity index (χ3n) is 2.99. The number of carbonyl (C=O) groups is 1. The van der Waals surface area contributed by atoms with E-state index in [4.69, 9.17) is 0 Å². The number of amides is 1. The monoisotopic (exact) mass is 333 g/mol. The summed E-state index contributed by atoms with van der Waals surface area (Å²) in [5, 5.41) is 12.6. The van der Waals surface area contributed by atoms with Gasteiger partial charge in [-0.1, -0.05) is 58.4 Å². The van der Waals surface area contributed by atoms with Gasteiger partial charge in [0.05, 0.1) is 0 Å². The van der Waals surface area contributed by atoms with Crippen molar-refractivity contribution >= 4 is 21.8 Å². The van der Waals surface area contributed by atoms with Gasteiger partial charge in [0.25, 0.3) is 5.91 Å². The number of aliphatic hydroxyl groups excluding tert-OH is 1. The highest BCUT2D eigenvalue weighted by Gasteiger charge is 2.15. The molecule has 0 aromatic heterocycles. The maximum absolute atomic E-state index is 11.8. The van der Waals surface area contributed by atoms with E-state index in [1.165, 1.54) is 0 Å². The van der Waals surface area contributed by atoms with Crippen LogP contribution < -0.4 is 5.32 Å². The Morgan fingerprint density at radius 2 is 1.75 bits per heavy atom. The van der Waals surface area contributed by atoms with Gasteiger partial charge in [-0.3, -0.25) is 4.79 Å². The van der Waals surface area contributed by atoms with E-state index in [-0.39, 0.29) is 5.91 Å². The van der Waals surface area contributed by atoms with Crippen LogP contribution in [0.25, 0.3) is 0 Å². The Morgan fingerprint density at radius 3 is 2.40 bits per heavy atom. The molecule has 0 aliphatic rings. The lowest BCUT2D eigenvalue weighted by Crippen LogP contribution is -2.30. The SMILES string of the molecule is O=C(NCCc1ccc(Br)cc1)[C@H](O)c1ccccc1. The molecule has 0 unspecified atom stereocenters. The van der Waals surface area contributed by atoms with Crippen molar-refractivity contribution in [3.63, 3.8) is 0 Å². The van der Waals surface area contributed by atoms with Crippen LogP contribution in [-0.2, 0) is 11.2 Å². The van der Waals surface area contributed by atoms with Crippen molar-refractivity contribution < 1.29 is 9.90 Å². The summed E-state index contributed by atoms with van der Waals surface area (Å²) < 4.78 is 1.03. The number of hydrogen-bond acceptors (Lipinski definition) is 2. The highest BCUT2D eigenvalue weighted by atomic mass is 79.9. The maximum Gasteiger partial charge on any atom is 0.253 e. The van der Waals surface area contributed by atoms with Crippen LogP contribution in [0.2, 0.25) is 0 Å². The second-order valence-electron chi connectivity index (χ2n) is 4.48. The first-order valence-corrected chi connectivity index (χ1v) is 7.21. The van der Waals surface area contributed by atoms with Crippen molar-refractivity contribution in [3.05, 3.63) is 70.2 Å². The fourth-order valence-corrected chi connectivity index (χ4v) is 2.13. The summed E-state index contributed by atoms with van der Waals surface area (Å²) in [6, 6.07) is 16.9. The molecule has 4 heteroatoms. The van der Waals surface area contributed by atoms with Gasteiger partial charge in [-0.15, -0.1) is 0 Å². The van der Waals surface area contributed by atoms with Crippen LogP contribution in [-0.4, -0.2) is 17.6 Å². The molecule has 0 aliphatic carbocycles. The van der Waals surface area contributed by atoms with E-state index in [0.29, 0.717) is 12.1 Å². The van der Waals surface area contributed by atoms with Crippen LogP contribution in [0.15, 0.2) is 59.1 Å². The zero-order valence-corrected chi connectivity index (χ0v) is 12.5. The van der Waals surface area contributed by atoms with Gasteiger partial charge in [0.1, 0.15) is 0 Å². The molecule has 0 saturated carbocycles. The molecule has 0 spiro atoms. The van der Waals surface area contributed by atoms with Crippen molar-refractivity contribution in [2.45, 2.75) is 12.5 Å². The number of halogens is 1. The van der Waals surface area contributed by atoms with Crippen molar-refractivity contribution in [2.24, 2.45) is 0 Å². The molecule has 0 fully saturated rings. The lowest BCUT2D eigenvalue weighted by Gasteiger charge is -2.11. The van der Waals surface area contributed by atoms with E-state index in [1.807, 2.05) is 30.3 Å². The van der Waals surface area contributed by atoms with Crippen LogP contribution in [0, 0.1) is 0 Å². The largest absolute Gasteiger partial charge is 0.378 e.